The van der Waals surface area contributed by atoms with E-state index in [1.807, 2.05) is 0 Å². The van der Waals surface area contributed by atoms with Crippen molar-refractivity contribution in [3.05, 3.63) is 0 Å². The maximum absolute atomic E-state index is 9.57. The van der Waals surface area contributed by atoms with Crippen molar-refractivity contribution in [1.82, 2.24) is 0 Å². The Labute approximate surface area is 61.8 Å². The van der Waals surface area contributed by atoms with Gasteiger partial charge in [0, 0.05) is 0 Å². The zero-order valence-corrected chi connectivity index (χ0v) is 5.87. The third kappa shape index (κ3) is 27.8. The number of alkyl halides is 1. The third-order valence-electron chi connectivity index (χ3n) is 0.340. The Morgan fingerprint density at radius 3 is 1.40 bits per heavy atom. The van der Waals surface area contributed by atoms with Gasteiger partial charge in [0.2, 0.25) is 0 Å². The summed E-state index contributed by atoms with van der Waals surface area (Å²) in [5.41, 5.74) is 0. The number of hydrogen-bond donors (Lipinski definition) is 3. The zero-order chi connectivity index (χ0) is 8.73. The molecule has 0 saturated carbocycles. The summed E-state index contributed by atoms with van der Waals surface area (Å²) < 4.78 is 0. The number of aliphatic carboxylic acids is 1. The largest absolute Gasteiger partial charge is 0.503 e. The molecule has 0 aliphatic heterocycles. The second kappa shape index (κ2) is 6.15. The molecule has 0 aliphatic carbocycles. The molecule has 0 aromatic heterocycles. The van der Waals surface area contributed by atoms with Crippen LogP contribution in [0.2, 0.25) is 0 Å². The molecule has 6 heteroatoms. The maximum Gasteiger partial charge on any atom is 0.503 e. The van der Waals surface area contributed by atoms with Crippen LogP contribution in [-0.2, 0) is 4.79 Å². The first-order valence-electron chi connectivity index (χ1n) is 2.16. The first-order valence-corrected chi connectivity index (χ1v) is 2.60. The van der Waals surface area contributed by atoms with Crippen LogP contribution in [0.3, 0.4) is 0 Å². The normalized spacial score (nSPS) is 10.6. The fourth-order valence-electron chi connectivity index (χ4n) is 0. The lowest BCUT2D eigenvalue weighted by molar-refractivity contribution is -0.136. The van der Waals surface area contributed by atoms with E-state index in [2.05, 4.69) is 0 Å². The predicted molar refractivity (Wildman–Crippen MR) is 33.6 cm³/mol. The van der Waals surface area contributed by atoms with Crippen molar-refractivity contribution >= 4 is 23.7 Å². The Morgan fingerprint density at radius 2 is 1.40 bits per heavy atom. The van der Waals surface area contributed by atoms with Gasteiger partial charge in [-0.05, 0) is 6.92 Å². The molecule has 0 saturated heterocycles. The van der Waals surface area contributed by atoms with Crippen molar-refractivity contribution in [2.75, 3.05) is 0 Å². The molecule has 0 spiro atoms. The number of halogens is 1. The van der Waals surface area contributed by atoms with Gasteiger partial charge < -0.3 is 15.3 Å². The van der Waals surface area contributed by atoms with Crippen LogP contribution in [0.25, 0.3) is 0 Å². The SMILES string of the molecule is CC(Cl)C(=O)O.O=C(O)O. The van der Waals surface area contributed by atoms with Crippen molar-refractivity contribution < 1.29 is 24.9 Å². The molecule has 60 valence electrons. The van der Waals surface area contributed by atoms with Gasteiger partial charge in [-0.15, -0.1) is 11.6 Å². The van der Waals surface area contributed by atoms with Gasteiger partial charge in [0.25, 0.3) is 0 Å². The van der Waals surface area contributed by atoms with E-state index in [9.17, 15) is 4.79 Å². The zero-order valence-electron chi connectivity index (χ0n) is 5.11. The van der Waals surface area contributed by atoms with Gasteiger partial charge in [-0.3, -0.25) is 4.79 Å². The van der Waals surface area contributed by atoms with Crippen molar-refractivity contribution in [2.45, 2.75) is 12.3 Å². The smallest absolute Gasteiger partial charge is 0.480 e. The van der Waals surface area contributed by atoms with Crippen molar-refractivity contribution in [2.24, 2.45) is 0 Å². The van der Waals surface area contributed by atoms with Crippen LogP contribution >= 0.6 is 11.6 Å². The molecule has 1 atom stereocenters. The topological polar surface area (TPSA) is 94.8 Å². The second-order valence-electron chi connectivity index (χ2n) is 1.24. The van der Waals surface area contributed by atoms with Crippen LogP contribution in [0, 0.1) is 0 Å². The Hall–Kier alpha value is -0.970. The third-order valence-corrected chi connectivity index (χ3v) is 0.527. The Kier molecular flexibility index (Phi) is 7.25. The number of hydrogen-bond acceptors (Lipinski definition) is 2. The van der Waals surface area contributed by atoms with Crippen LogP contribution in [-0.4, -0.2) is 32.8 Å². The molecule has 0 radical (unpaired) electrons. The molecule has 0 heterocycles. The van der Waals surface area contributed by atoms with Crippen LogP contribution < -0.4 is 0 Å². The van der Waals surface area contributed by atoms with E-state index in [1.54, 1.807) is 0 Å². The van der Waals surface area contributed by atoms with Gasteiger partial charge in [-0.2, -0.15) is 0 Å². The highest BCUT2D eigenvalue weighted by atomic mass is 35.5. The quantitative estimate of drug-likeness (QED) is 0.509. The minimum atomic E-state index is -1.83. The number of rotatable bonds is 1. The first-order chi connectivity index (χ1) is 4.37. The van der Waals surface area contributed by atoms with Gasteiger partial charge in [0.05, 0.1) is 0 Å². The fourth-order valence-corrected chi connectivity index (χ4v) is 0. The highest BCUT2D eigenvalue weighted by Crippen LogP contribution is 1.89. The van der Waals surface area contributed by atoms with Gasteiger partial charge in [0.1, 0.15) is 5.38 Å². The Bertz CT molecular complexity index is 117. The Morgan fingerprint density at radius 1 is 1.30 bits per heavy atom. The molecular weight excluding hydrogens is 163 g/mol. The molecule has 3 N–H and O–H groups in total. The van der Waals surface area contributed by atoms with Crippen molar-refractivity contribution in [1.29, 1.82) is 0 Å². The minimum absolute atomic E-state index is 0.759. The van der Waals surface area contributed by atoms with Crippen molar-refractivity contribution in [3.8, 4) is 0 Å². The molecule has 0 aliphatic rings. The Balaban J connectivity index is 0. The molecule has 5 nitrogen and oxygen atoms in total. The number of carbonyl (C=O) groups is 2. The molecule has 10 heavy (non-hydrogen) atoms. The highest BCUT2D eigenvalue weighted by molar-refractivity contribution is 6.29. The van der Waals surface area contributed by atoms with Crippen molar-refractivity contribution in [3.63, 3.8) is 0 Å². The summed E-state index contributed by atoms with van der Waals surface area (Å²) in [5, 5.41) is 21.0. The lowest BCUT2D eigenvalue weighted by Crippen LogP contribution is -2.06. The molecule has 0 amide bonds. The van der Waals surface area contributed by atoms with Crippen LogP contribution in [0.15, 0.2) is 0 Å². The summed E-state index contributed by atoms with van der Waals surface area (Å²) >= 11 is 5.01. The monoisotopic (exact) mass is 170 g/mol. The van der Waals surface area contributed by atoms with E-state index in [1.165, 1.54) is 6.92 Å². The van der Waals surface area contributed by atoms with E-state index >= 15 is 0 Å². The van der Waals surface area contributed by atoms with E-state index in [-0.39, 0.29) is 0 Å². The molecule has 0 aromatic carbocycles. The van der Waals surface area contributed by atoms with Gasteiger partial charge >= 0.3 is 12.1 Å². The maximum atomic E-state index is 9.57. The van der Waals surface area contributed by atoms with E-state index in [0.29, 0.717) is 0 Å². The summed E-state index contributed by atoms with van der Waals surface area (Å²) in [4.78, 5) is 18.1. The molecule has 0 rings (SSSR count). The van der Waals surface area contributed by atoms with E-state index < -0.39 is 17.5 Å². The number of carboxylic acids is 1. The average Bonchev–Trinajstić information content (AvgIpc) is 1.63. The average molecular weight is 171 g/mol. The summed E-state index contributed by atoms with van der Waals surface area (Å²) in [5.74, 6) is -0.975. The lowest BCUT2D eigenvalue weighted by Gasteiger charge is -1.86. The standard InChI is InChI=1S/C3H5ClO2.CH2O3/c1-2(4)3(5)6;2-1(3)4/h2H,1H3,(H,5,6);(H2,2,3,4). The predicted octanol–water partition coefficient (Wildman–Crippen LogP) is 0.921. The molecule has 0 bridgehead atoms. The van der Waals surface area contributed by atoms with Gasteiger partial charge in [0.15, 0.2) is 0 Å². The van der Waals surface area contributed by atoms with Crippen LogP contribution in [0.1, 0.15) is 6.92 Å². The van der Waals surface area contributed by atoms with E-state index in [0.717, 1.165) is 0 Å². The van der Waals surface area contributed by atoms with Gasteiger partial charge in [-0.25, -0.2) is 4.79 Å². The van der Waals surface area contributed by atoms with E-state index in [4.69, 9.17) is 31.7 Å². The van der Waals surface area contributed by atoms with Gasteiger partial charge in [-0.1, -0.05) is 0 Å². The summed E-state index contributed by atoms with van der Waals surface area (Å²) in [6, 6.07) is 0. The number of carboxylic acid groups (broad SMARTS) is 3. The summed E-state index contributed by atoms with van der Waals surface area (Å²) in [6.07, 6.45) is -1.83. The minimum Gasteiger partial charge on any atom is -0.480 e. The fraction of sp³-hybridized carbons (Fsp3) is 0.500. The molecule has 0 aromatic rings. The summed E-state index contributed by atoms with van der Waals surface area (Å²) in [6.45, 7) is 1.41. The molecule has 1 unspecified atom stereocenters. The summed E-state index contributed by atoms with van der Waals surface area (Å²) in [7, 11) is 0. The molecular formula is C4H7ClO5. The van der Waals surface area contributed by atoms with Crippen LogP contribution in [0.5, 0.6) is 0 Å². The molecule has 0 fully saturated rings. The van der Waals surface area contributed by atoms with Crippen LogP contribution in [0.4, 0.5) is 4.79 Å². The second-order valence-corrected chi connectivity index (χ2v) is 1.89. The lowest BCUT2D eigenvalue weighted by atomic mass is 10.5. The first kappa shape index (κ1) is 11.8. The highest BCUT2D eigenvalue weighted by Gasteiger charge is 2.02.